The SMILES string of the molecule is OC(c1ccsc1)c1cnn(-c2ccccc2)n1. The molecule has 0 fully saturated rings. The molecule has 2 aromatic heterocycles. The topological polar surface area (TPSA) is 50.9 Å². The average Bonchev–Trinajstić information content (AvgIpc) is 3.10. The lowest BCUT2D eigenvalue weighted by Crippen LogP contribution is -2.02. The monoisotopic (exact) mass is 257 g/mol. The van der Waals surface area contributed by atoms with Gasteiger partial charge >= 0.3 is 0 Å². The van der Waals surface area contributed by atoms with Crippen molar-refractivity contribution in [2.24, 2.45) is 0 Å². The van der Waals surface area contributed by atoms with Crippen LogP contribution in [0.3, 0.4) is 0 Å². The van der Waals surface area contributed by atoms with Gasteiger partial charge in [-0.25, -0.2) is 0 Å². The molecule has 0 saturated carbocycles. The zero-order valence-corrected chi connectivity index (χ0v) is 10.3. The van der Waals surface area contributed by atoms with Crippen molar-refractivity contribution in [1.82, 2.24) is 15.0 Å². The third-order valence-electron chi connectivity index (χ3n) is 2.64. The first-order valence-electron chi connectivity index (χ1n) is 5.52. The van der Waals surface area contributed by atoms with E-state index in [0.717, 1.165) is 11.3 Å². The maximum absolute atomic E-state index is 10.1. The van der Waals surface area contributed by atoms with Gasteiger partial charge in [-0.3, -0.25) is 0 Å². The molecule has 1 atom stereocenters. The molecule has 90 valence electrons. The molecule has 0 spiro atoms. The highest BCUT2D eigenvalue weighted by Gasteiger charge is 2.15. The summed E-state index contributed by atoms with van der Waals surface area (Å²) in [5, 5.41) is 22.4. The number of aromatic nitrogens is 3. The van der Waals surface area contributed by atoms with Crippen LogP contribution in [0.1, 0.15) is 17.4 Å². The second-order valence-corrected chi connectivity index (χ2v) is 4.63. The minimum Gasteiger partial charge on any atom is -0.382 e. The van der Waals surface area contributed by atoms with E-state index >= 15 is 0 Å². The molecule has 2 heterocycles. The maximum Gasteiger partial charge on any atom is 0.125 e. The van der Waals surface area contributed by atoms with E-state index in [1.54, 1.807) is 17.5 Å². The van der Waals surface area contributed by atoms with Crippen molar-refractivity contribution in [3.8, 4) is 5.69 Å². The summed E-state index contributed by atoms with van der Waals surface area (Å²) in [5.41, 5.74) is 2.28. The zero-order chi connectivity index (χ0) is 12.4. The Labute approximate surface area is 108 Å². The quantitative estimate of drug-likeness (QED) is 0.784. The molecule has 0 amide bonds. The van der Waals surface area contributed by atoms with Gasteiger partial charge in [0, 0.05) is 0 Å². The second kappa shape index (κ2) is 4.72. The molecule has 0 aliphatic rings. The molecule has 0 radical (unpaired) electrons. The van der Waals surface area contributed by atoms with Crippen LogP contribution in [-0.4, -0.2) is 20.1 Å². The molecule has 4 nitrogen and oxygen atoms in total. The van der Waals surface area contributed by atoms with E-state index in [0.29, 0.717) is 5.69 Å². The fourth-order valence-corrected chi connectivity index (χ4v) is 2.37. The summed E-state index contributed by atoms with van der Waals surface area (Å²) in [6.45, 7) is 0. The molecule has 0 bridgehead atoms. The zero-order valence-electron chi connectivity index (χ0n) is 9.47. The summed E-state index contributed by atoms with van der Waals surface area (Å²) in [7, 11) is 0. The summed E-state index contributed by atoms with van der Waals surface area (Å²) < 4.78 is 0. The highest BCUT2D eigenvalue weighted by molar-refractivity contribution is 7.07. The third-order valence-corrected chi connectivity index (χ3v) is 3.34. The minimum atomic E-state index is -0.714. The van der Waals surface area contributed by atoms with Crippen LogP contribution in [0, 0.1) is 0 Å². The molecule has 18 heavy (non-hydrogen) atoms. The Bertz CT molecular complexity index is 619. The van der Waals surface area contributed by atoms with Crippen LogP contribution < -0.4 is 0 Å². The molecule has 0 aliphatic heterocycles. The van der Waals surface area contributed by atoms with Gasteiger partial charge in [-0.2, -0.15) is 26.3 Å². The molecule has 1 aromatic carbocycles. The molecule has 3 rings (SSSR count). The van der Waals surface area contributed by atoms with E-state index in [2.05, 4.69) is 10.2 Å². The Hall–Kier alpha value is -1.98. The number of aliphatic hydroxyl groups is 1. The molecule has 1 unspecified atom stereocenters. The molecule has 1 N–H and O–H groups in total. The van der Waals surface area contributed by atoms with Gasteiger partial charge in [0.1, 0.15) is 11.8 Å². The van der Waals surface area contributed by atoms with Gasteiger partial charge in [0.25, 0.3) is 0 Å². The molecular weight excluding hydrogens is 246 g/mol. The Morgan fingerprint density at radius 1 is 1.17 bits per heavy atom. The van der Waals surface area contributed by atoms with Gasteiger partial charge < -0.3 is 5.11 Å². The number of thiophene rings is 1. The molecule has 3 aromatic rings. The van der Waals surface area contributed by atoms with Crippen LogP contribution in [-0.2, 0) is 0 Å². The summed E-state index contributed by atoms with van der Waals surface area (Å²) in [6, 6.07) is 11.5. The van der Waals surface area contributed by atoms with Gasteiger partial charge in [-0.05, 0) is 34.5 Å². The predicted octanol–water partition coefficient (Wildman–Crippen LogP) is 2.41. The number of rotatable bonds is 3. The van der Waals surface area contributed by atoms with Gasteiger partial charge in [0.15, 0.2) is 0 Å². The third kappa shape index (κ3) is 2.05. The number of nitrogens with zero attached hydrogens (tertiary/aromatic N) is 3. The van der Waals surface area contributed by atoms with E-state index < -0.39 is 6.10 Å². The van der Waals surface area contributed by atoms with E-state index in [-0.39, 0.29) is 0 Å². The summed E-state index contributed by atoms with van der Waals surface area (Å²) >= 11 is 1.55. The van der Waals surface area contributed by atoms with Crippen LogP contribution in [0.2, 0.25) is 0 Å². The summed E-state index contributed by atoms with van der Waals surface area (Å²) in [5.74, 6) is 0. The van der Waals surface area contributed by atoms with Crippen LogP contribution in [0.5, 0.6) is 0 Å². The van der Waals surface area contributed by atoms with Crippen molar-refractivity contribution in [1.29, 1.82) is 0 Å². The van der Waals surface area contributed by atoms with Crippen molar-refractivity contribution in [3.63, 3.8) is 0 Å². The Kier molecular flexibility index (Phi) is 2.92. The smallest absolute Gasteiger partial charge is 0.125 e. The second-order valence-electron chi connectivity index (χ2n) is 3.85. The van der Waals surface area contributed by atoms with E-state index in [9.17, 15) is 5.11 Å². The van der Waals surface area contributed by atoms with E-state index in [4.69, 9.17) is 0 Å². The molecule has 0 saturated heterocycles. The van der Waals surface area contributed by atoms with E-state index in [1.807, 2.05) is 47.2 Å². The van der Waals surface area contributed by atoms with Gasteiger partial charge in [-0.1, -0.05) is 18.2 Å². The lowest BCUT2D eigenvalue weighted by Gasteiger charge is -2.03. The first-order chi connectivity index (χ1) is 8.84. The Morgan fingerprint density at radius 3 is 2.72 bits per heavy atom. The molecular formula is C13H11N3OS. The lowest BCUT2D eigenvalue weighted by atomic mass is 10.1. The van der Waals surface area contributed by atoms with Crippen molar-refractivity contribution in [3.05, 3.63) is 64.6 Å². The van der Waals surface area contributed by atoms with Crippen molar-refractivity contribution >= 4 is 11.3 Å². The highest BCUT2D eigenvalue weighted by Crippen LogP contribution is 2.22. The van der Waals surface area contributed by atoms with Gasteiger partial charge in [0.2, 0.25) is 0 Å². The normalized spacial score (nSPS) is 12.5. The maximum atomic E-state index is 10.1. The van der Waals surface area contributed by atoms with Crippen molar-refractivity contribution in [2.75, 3.05) is 0 Å². The predicted molar refractivity (Wildman–Crippen MR) is 69.7 cm³/mol. The fourth-order valence-electron chi connectivity index (χ4n) is 1.69. The van der Waals surface area contributed by atoms with Crippen LogP contribution >= 0.6 is 11.3 Å². The van der Waals surface area contributed by atoms with Gasteiger partial charge in [-0.15, -0.1) is 0 Å². The Morgan fingerprint density at radius 2 is 2.00 bits per heavy atom. The Balaban J connectivity index is 1.90. The van der Waals surface area contributed by atoms with Crippen molar-refractivity contribution < 1.29 is 5.11 Å². The number of hydrogen-bond donors (Lipinski definition) is 1. The largest absolute Gasteiger partial charge is 0.382 e. The van der Waals surface area contributed by atoms with E-state index in [1.165, 1.54) is 4.80 Å². The first-order valence-corrected chi connectivity index (χ1v) is 6.47. The minimum absolute atomic E-state index is 0.553. The number of hydrogen-bond acceptors (Lipinski definition) is 4. The van der Waals surface area contributed by atoms with Gasteiger partial charge in [0.05, 0.1) is 11.9 Å². The van der Waals surface area contributed by atoms with Crippen LogP contribution in [0.25, 0.3) is 5.69 Å². The lowest BCUT2D eigenvalue weighted by molar-refractivity contribution is 0.215. The number of benzene rings is 1. The average molecular weight is 257 g/mol. The highest BCUT2D eigenvalue weighted by atomic mass is 32.1. The van der Waals surface area contributed by atoms with Crippen molar-refractivity contribution in [2.45, 2.75) is 6.10 Å². The first kappa shape index (κ1) is 11.1. The number of para-hydroxylation sites is 1. The number of aliphatic hydroxyl groups excluding tert-OH is 1. The van der Waals surface area contributed by atoms with Crippen LogP contribution in [0.4, 0.5) is 0 Å². The molecule has 5 heteroatoms. The standard InChI is InChI=1S/C13H11N3OS/c17-13(10-6-7-18-9-10)12-8-14-16(15-12)11-4-2-1-3-5-11/h1-9,13,17H. The summed E-state index contributed by atoms with van der Waals surface area (Å²) in [4.78, 5) is 1.52. The summed E-state index contributed by atoms with van der Waals surface area (Å²) in [6.07, 6.45) is 0.878. The fraction of sp³-hybridized carbons (Fsp3) is 0.0769. The molecule has 0 aliphatic carbocycles. The van der Waals surface area contributed by atoms with Crippen LogP contribution in [0.15, 0.2) is 53.4 Å².